The van der Waals surface area contributed by atoms with E-state index in [-0.39, 0.29) is 12.1 Å². The number of carbonyl (C=O) groups excluding carboxylic acids is 1. The average Bonchev–Trinajstić information content (AvgIpc) is 3.10. The minimum atomic E-state index is -0.0405. The SMILES string of the molecule is CC(Nc1cccc(N2CCNC2=O)c1)c1ccco1. The molecule has 0 bridgehead atoms. The molecular weight excluding hydrogens is 254 g/mol. The number of nitrogens with zero attached hydrogens (tertiary/aromatic N) is 1. The van der Waals surface area contributed by atoms with Crippen LogP contribution in [0.2, 0.25) is 0 Å². The van der Waals surface area contributed by atoms with Crippen LogP contribution >= 0.6 is 0 Å². The number of rotatable bonds is 4. The number of anilines is 2. The molecule has 104 valence electrons. The standard InChI is InChI=1S/C15H17N3O2/c1-11(14-6-3-9-20-14)17-12-4-2-5-13(10-12)18-8-7-16-15(18)19/h2-6,9-11,17H,7-8H2,1H3,(H,16,19). The quantitative estimate of drug-likeness (QED) is 0.898. The lowest BCUT2D eigenvalue weighted by atomic mass is 10.2. The minimum Gasteiger partial charge on any atom is -0.467 e. The molecule has 5 heteroatoms. The smallest absolute Gasteiger partial charge is 0.321 e. The Morgan fingerprint density at radius 3 is 2.95 bits per heavy atom. The van der Waals surface area contributed by atoms with E-state index in [0.29, 0.717) is 13.1 Å². The molecule has 20 heavy (non-hydrogen) atoms. The van der Waals surface area contributed by atoms with Gasteiger partial charge in [-0.3, -0.25) is 4.90 Å². The number of hydrogen-bond donors (Lipinski definition) is 2. The van der Waals surface area contributed by atoms with Gasteiger partial charge in [-0.15, -0.1) is 0 Å². The molecule has 5 nitrogen and oxygen atoms in total. The lowest BCUT2D eigenvalue weighted by Crippen LogP contribution is -2.27. The third-order valence-corrected chi connectivity index (χ3v) is 3.37. The predicted molar refractivity (Wildman–Crippen MR) is 77.9 cm³/mol. The van der Waals surface area contributed by atoms with Gasteiger partial charge < -0.3 is 15.1 Å². The number of hydrogen-bond acceptors (Lipinski definition) is 3. The number of nitrogens with one attached hydrogen (secondary N) is 2. The van der Waals surface area contributed by atoms with E-state index in [2.05, 4.69) is 10.6 Å². The van der Waals surface area contributed by atoms with Crippen molar-refractivity contribution in [3.63, 3.8) is 0 Å². The lowest BCUT2D eigenvalue weighted by molar-refractivity contribution is 0.252. The highest BCUT2D eigenvalue weighted by atomic mass is 16.3. The monoisotopic (exact) mass is 271 g/mol. The Morgan fingerprint density at radius 2 is 2.25 bits per heavy atom. The molecule has 0 aliphatic carbocycles. The van der Waals surface area contributed by atoms with Gasteiger partial charge in [0.2, 0.25) is 0 Å². The second-order valence-electron chi connectivity index (χ2n) is 4.82. The summed E-state index contributed by atoms with van der Waals surface area (Å²) in [4.78, 5) is 13.4. The highest BCUT2D eigenvalue weighted by Gasteiger charge is 2.21. The fourth-order valence-corrected chi connectivity index (χ4v) is 2.34. The van der Waals surface area contributed by atoms with Crippen LogP contribution in [0.4, 0.5) is 16.2 Å². The van der Waals surface area contributed by atoms with Gasteiger partial charge in [0.15, 0.2) is 0 Å². The zero-order valence-corrected chi connectivity index (χ0v) is 11.3. The summed E-state index contributed by atoms with van der Waals surface area (Å²) in [6.07, 6.45) is 1.67. The van der Waals surface area contributed by atoms with Gasteiger partial charge in [-0.25, -0.2) is 4.79 Å². The van der Waals surface area contributed by atoms with Gasteiger partial charge in [-0.05, 0) is 37.3 Å². The van der Waals surface area contributed by atoms with E-state index < -0.39 is 0 Å². The molecule has 1 saturated heterocycles. The first-order valence-electron chi connectivity index (χ1n) is 6.69. The van der Waals surface area contributed by atoms with Crippen LogP contribution in [0.25, 0.3) is 0 Å². The molecule has 2 N–H and O–H groups in total. The summed E-state index contributed by atoms with van der Waals surface area (Å²) in [6, 6.07) is 11.7. The molecule has 1 aliphatic rings. The Labute approximate surface area is 117 Å². The first kappa shape index (κ1) is 12.6. The summed E-state index contributed by atoms with van der Waals surface area (Å²) >= 11 is 0. The summed E-state index contributed by atoms with van der Waals surface area (Å²) in [7, 11) is 0. The highest BCUT2D eigenvalue weighted by Crippen LogP contribution is 2.24. The molecule has 1 aliphatic heterocycles. The largest absolute Gasteiger partial charge is 0.467 e. The zero-order chi connectivity index (χ0) is 13.9. The first-order valence-corrected chi connectivity index (χ1v) is 6.69. The maximum Gasteiger partial charge on any atom is 0.321 e. The van der Waals surface area contributed by atoms with Crippen molar-refractivity contribution in [2.45, 2.75) is 13.0 Å². The van der Waals surface area contributed by atoms with Crippen molar-refractivity contribution < 1.29 is 9.21 Å². The van der Waals surface area contributed by atoms with Crippen LogP contribution in [0.3, 0.4) is 0 Å². The van der Waals surface area contributed by atoms with E-state index in [0.717, 1.165) is 17.1 Å². The number of benzene rings is 1. The maximum absolute atomic E-state index is 11.7. The molecule has 1 aromatic carbocycles. The van der Waals surface area contributed by atoms with Crippen LogP contribution in [0.5, 0.6) is 0 Å². The Hall–Kier alpha value is -2.43. The number of urea groups is 1. The van der Waals surface area contributed by atoms with Crippen molar-refractivity contribution in [3.05, 3.63) is 48.4 Å². The van der Waals surface area contributed by atoms with Gasteiger partial charge >= 0.3 is 6.03 Å². The van der Waals surface area contributed by atoms with Crippen LogP contribution in [-0.4, -0.2) is 19.1 Å². The van der Waals surface area contributed by atoms with Crippen molar-refractivity contribution in [1.29, 1.82) is 0 Å². The van der Waals surface area contributed by atoms with E-state index in [4.69, 9.17) is 4.42 Å². The summed E-state index contributed by atoms with van der Waals surface area (Å²) in [5, 5.41) is 6.17. The third-order valence-electron chi connectivity index (χ3n) is 3.37. The van der Waals surface area contributed by atoms with Gasteiger partial charge in [-0.1, -0.05) is 6.07 Å². The molecule has 2 amide bonds. The van der Waals surface area contributed by atoms with Gasteiger partial charge in [-0.2, -0.15) is 0 Å². The molecule has 2 heterocycles. The van der Waals surface area contributed by atoms with E-state index in [1.807, 2.05) is 43.3 Å². The number of amides is 2. The molecule has 1 unspecified atom stereocenters. The van der Waals surface area contributed by atoms with Crippen molar-refractivity contribution in [1.82, 2.24) is 5.32 Å². The molecule has 1 atom stereocenters. The maximum atomic E-state index is 11.7. The van der Waals surface area contributed by atoms with Crippen molar-refractivity contribution >= 4 is 17.4 Å². The fraction of sp³-hybridized carbons (Fsp3) is 0.267. The van der Waals surface area contributed by atoms with Gasteiger partial charge in [0, 0.05) is 24.5 Å². The number of carbonyl (C=O) groups is 1. The van der Waals surface area contributed by atoms with E-state index >= 15 is 0 Å². The predicted octanol–water partition coefficient (Wildman–Crippen LogP) is 2.98. The van der Waals surface area contributed by atoms with Crippen LogP contribution in [-0.2, 0) is 0 Å². The Bertz CT molecular complexity index is 595. The Kier molecular flexibility index (Phi) is 3.33. The van der Waals surface area contributed by atoms with E-state index in [1.54, 1.807) is 11.2 Å². The second kappa shape index (κ2) is 5.28. The molecule has 0 saturated carbocycles. The lowest BCUT2D eigenvalue weighted by Gasteiger charge is -2.17. The van der Waals surface area contributed by atoms with E-state index in [9.17, 15) is 4.79 Å². The van der Waals surface area contributed by atoms with Gasteiger partial charge in [0.1, 0.15) is 5.76 Å². The minimum absolute atomic E-state index is 0.0405. The van der Waals surface area contributed by atoms with Crippen LogP contribution in [0.1, 0.15) is 18.7 Å². The zero-order valence-electron chi connectivity index (χ0n) is 11.3. The number of furan rings is 1. The molecule has 2 aromatic rings. The normalized spacial score (nSPS) is 16.1. The van der Waals surface area contributed by atoms with Gasteiger partial charge in [0.05, 0.1) is 12.3 Å². The van der Waals surface area contributed by atoms with Crippen LogP contribution in [0.15, 0.2) is 47.1 Å². The topological polar surface area (TPSA) is 57.5 Å². The summed E-state index contributed by atoms with van der Waals surface area (Å²) < 4.78 is 5.38. The molecular formula is C15H17N3O2. The summed E-state index contributed by atoms with van der Waals surface area (Å²) in [6.45, 7) is 3.43. The molecule has 0 spiro atoms. The Morgan fingerprint density at radius 1 is 1.35 bits per heavy atom. The summed E-state index contributed by atoms with van der Waals surface area (Å²) in [5.41, 5.74) is 1.86. The van der Waals surface area contributed by atoms with Crippen molar-refractivity contribution in [2.75, 3.05) is 23.3 Å². The average molecular weight is 271 g/mol. The molecule has 1 aromatic heterocycles. The van der Waals surface area contributed by atoms with Gasteiger partial charge in [0.25, 0.3) is 0 Å². The first-order chi connectivity index (χ1) is 9.74. The molecule has 3 rings (SSSR count). The fourth-order valence-electron chi connectivity index (χ4n) is 2.34. The summed E-state index contributed by atoms with van der Waals surface area (Å²) in [5.74, 6) is 0.884. The highest BCUT2D eigenvalue weighted by molar-refractivity contribution is 5.94. The van der Waals surface area contributed by atoms with E-state index in [1.165, 1.54) is 0 Å². The molecule has 1 fully saturated rings. The second-order valence-corrected chi connectivity index (χ2v) is 4.82. The third kappa shape index (κ3) is 2.47. The van der Waals surface area contributed by atoms with Crippen LogP contribution < -0.4 is 15.5 Å². The Balaban J connectivity index is 1.76. The molecule has 0 radical (unpaired) electrons. The van der Waals surface area contributed by atoms with Crippen molar-refractivity contribution in [2.24, 2.45) is 0 Å². The van der Waals surface area contributed by atoms with Crippen molar-refractivity contribution in [3.8, 4) is 0 Å². The van der Waals surface area contributed by atoms with Crippen LogP contribution in [0, 0.1) is 0 Å².